The molecule has 154 valence electrons. The number of rotatable bonds is 7. The summed E-state index contributed by atoms with van der Waals surface area (Å²) in [5.74, 6) is 1.87. The van der Waals surface area contributed by atoms with E-state index in [0.29, 0.717) is 18.4 Å². The Hall–Kier alpha value is -2.36. The minimum absolute atomic E-state index is 0.487. The Bertz CT molecular complexity index is 988. The maximum absolute atomic E-state index is 12.3. The summed E-state index contributed by atoms with van der Waals surface area (Å²) >= 11 is 0. The Morgan fingerprint density at radius 3 is 2.69 bits per heavy atom. The van der Waals surface area contributed by atoms with Crippen LogP contribution < -0.4 is 4.74 Å². The summed E-state index contributed by atoms with van der Waals surface area (Å²) in [6, 6.07) is 17.5. The molecule has 0 radical (unpaired) electrons. The third kappa shape index (κ3) is 5.59. The van der Waals surface area contributed by atoms with Crippen LogP contribution in [-0.2, 0) is 16.1 Å². The Kier molecular flexibility index (Phi) is 6.94. The zero-order chi connectivity index (χ0) is 20.9. The fourth-order valence-corrected chi connectivity index (χ4v) is 4.57. The summed E-state index contributed by atoms with van der Waals surface area (Å²) in [6.45, 7) is 6.05. The molecule has 29 heavy (non-hydrogen) atoms. The third-order valence-electron chi connectivity index (χ3n) is 5.69. The van der Waals surface area contributed by atoms with Gasteiger partial charge in [0.1, 0.15) is 5.75 Å². The van der Waals surface area contributed by atoms with Gasteiger partial charge in [-0.25, -0.2) is 8.57 Å². The number of ether oxygens (including phenoxy) is 1. The predicted molar refractivity (Wildman–Crippen MR) is 117 cm³/mol. The topological polar surface area (TPSA) is 65.7 Å². The van der Waals surface area contributed by atoms with E-state index in [4.69, 9.17) is 10.00 Å². The molecule has 0 amide bonds. The zero-order valence-corrected chi connectivity index (χ0v) is 18.2. The second-order valence-corrected chi connectivity index (χ2v) is 10.3. The van der Waals surface area contributed by atoms with Crippen molar-refractivity contribution in [2.75, 3.05) is 39.5 Å². The van der Waals surface area contributed by atoms with Crippen LogP contribution >= 0.6 is 0 Å². The van der Waals surface area contributed by atoms with Crippen LogP contribution in [-0.4, -0.2) is 48.7 Å². The first kappa shape index (κ1) is 21.4. The molecule has 6 heteroatoms. The van der Waals surface area contributed by atoms with Gasteiger partial charge in [0.25, 0.3) is 0 Å². The van der Waals surface area contributed by atoms with Gasteiger partial charge in [0.2, 0.25) is 0 Å². The fourth-order valence-electron chi connectivity index (χ4n) is 3.72. The van der Waals surface area contributed by atoms with Crippen LogP contribution in [0.1, 0.15) is 18.1 Å². The summed E-state index contributed by atoms with van der Waals surface area (Å²) < 4.78 is 22.3. The van der Waals surface area contributed by atoms with E-state index in [-0.39, 0.29) is 0 Å². The number of nitrogens with zero attached hydrogens (tertiary/aromatic N) is 3. The molecule has 1 heterocycles. The van der Waals surface area contributed by atoms with Gasteiger partial charge in [-0.2, -0.15) is 5.26 Å². The first-order chi connectivity index (χ1) is 13.9. The van der Waals surface area contributed by atoms with Crippen molar-refractivity contribution in [3.05, 3.63) is 59.7 Å². The maximum Gasteiger partial charge on any atom is 0.119 e. The highest BCUT2D eigenvalue weighted by Crippen LogP contribution is 2.25. The Morgan fingerprint density at radius 1 is 1.24 bits per heavy atom. The van der Waals surface area contributed by atoms with E-state index in [2.05, 4.69) is 28.3 Å². The number of hydrogen-bond acceptors (Lipinski definition) is 5. The van der Waals surface area contributed by atoms with E-state index in [0.717, 1.165) is 42.3 Å². The van der Waals surface area contributed by atoms with Crippen LogP contribution in [0, 0.1) is 23.2 Å². The molecule has 1 fully saturated rings. The van der Waals surface area contributed by atoms with E-state index in [1.54, 1.807) is 13.3 Å². The molecule has 0 aromatic heterocycles. The van der Waals surface area contributed by atoms with Gasteiger partial charge in [0.15, 0.2) is 0 Å². The summed E-state index contributed by atoms with van der Waals surface area (Å²) in [4.78, 5) is 3.21. The summed E-state index contributed by atoms with van der Waals surface area (Å²) in [5, 5.41) is 9.04. The fraction of sp³-hybridized carbons (Fsp3) is 0.435. The molecule has 0 aliphatic carbocycles. The molecule has 2 aromatic rings. The van der Waals surface area contributed by atoms with Gasteiger partial charge in [-0.3, -0.25) is 0 Å². The second-order valence-electron chi connectivity index (χ2n) is 7.83. The molecular formula is C23H29N3O2S. The zero-order valence-electron chi connectivity index (χ0n) is 17.4. The number of likely N-dealkylation sites (tertiary alicyclic amines) is 1. The van der Waals surface area contributed by atoms with E-state index in [1.165, 1.54) is 5.56 Å². The first-order valence-corrected chi connectivity index (χ1v) is 11.9. The van der Waals surface area contributed by atoms with Crippen molar-refractivity contribution in [1.82, 2.24) is 4.90 Å². The normalized spacial score (nSPS) is 21.3. The monoisotopic (exact) mass is 411 g/mol. The average Bonchev–Trinajstić information content (AvgIpc) is 3.10. The summed E-state index contributed by atoms with van der Waals surface area (Å²) in [5.41, 5.74) is 1.93. The standard InChI is InChI=1S/C23H29N3O2S/c1-18-15-26(12-11-19-5-4-6-20(13-19)14-24)16-21(18)17-28-22-7-9-23(10-8-22)29(3,27)25-2/h4-10,13,18,21H,11-12,15-17H2,1-3H3/t18-,21+,29+/m1/s1. The van der Waals surface area contributed by atoms with Gasteiger partial charge in [-0.1, -0.05) is 19.1 Å². The molecule has 3 atom stereocenters. The minimum Gasteiger partial charge on any atom is -0.493 e. The van der Waals surface area contributed by atoms with Crippen LogP contribution in [0.4, 0.5) is 0 Å². The summed E-state index contributed by atoms with van der Waals surface area (Å²) in [6.07, 6.45) is 2.60. The van der Waals surface area contributed by atoms with Crippen molar-refractivity contribution in [2.45, 2.75) is 18.2 Å². The van der Waals surface area contributed by atoms with E-state index >= 15 is 0 Å². The van der Waals surface area contributed by atoms with Crippen molar-refractivity contribution in [2.24, 2.45) is 16.2 Å². The molecule has 2 aromatic carbocycles. The molecule has 0 unspecified atom stereocenters. The molecule has 3 rings (SSSR count). The van der Waals surface area contributed by atoms with Crippen LogP contribution in [0.5, 0.6) is 5.75 Å². The SMILES string of the molecule is CN=[S@@](C)(=O)c1ccc(OC[C@@H]2CN(CCc3cccc(C#N)c3)C[C@H]2C)cc1. The van der Waals surface area contributed by atoms with Crippen molar-refractivity contribution in [3.8, 4) is 11.8 Å². The highest BCUT2D eigenvalue weighted by Gasteiger charge is 2.29. The smallest absolute Gasteiger partial charge is 0.119 e. The number of hydrogen-bond donors (Lipinski definition) is 0. The molecule has 0 spiro atoms. The lowest BCUT2D eigenvalue weighted by Gasteiger charge is -2.17. The van der Waals surface area contributed by atoms with Gasteiger partial charge in [0, 0.05) is 43.8 Å². The van der Waals surface area contributed by atoms with E-state index < -0.39 is 9.73 Å². The number of nitriles is 1. The predicted octanol–water partition coefficient (Wildman–Crippen LogP) is 3.83. The van der Waals surface area contributed by atoms with Crippen molar-refractivity contribution < 1.29 is 8.95 Å². The molecule has 1 saturated heterocycles. The number of benzene rings is 2. The van der Waals surface area contributed by atoms with E-state index in [1.807, 2.05) is 42.5 Å². The lowest BCUT2D eigenvalue weighted by Crippen LogP contribution is -2.24. The molecule has 1 aliphatic rings. The maximum atomic E-state index is 12.3. The van der Waals surface area contributed by atoms with E-state index in [9.17, 15) is 4.21 Å². The highest BCUT2D eigenvalue weighted by atomic mass is 32.2. The Balaban J connectivity index is 1.50. The summed E-state index contributed by atoms with van der Waals surface area (Å²) in [7, 11) is -0.717. The van der Waals surface area contributed by atoms with Crippen LogP contribution in [0.3, 0.4) is 0 Å². The van der Waals surface area contributed by atoms with Crippen molar-refractivity contribution in [1.29, 1.82) is 5.26 Å². The molecule has 5 nitrogen and oxygen atoms in total. The van der Waals surface area contributed by atoms with Gasteiger partial charge < -0.3 is 9.64 Å². The van der Waals surface area contributed by atoms with Gasteiger partial charge >= 0.3 is 0 Å². The first-order valence-electron chi connectivity index (χ1n) is 9.96. The second kappa shape index (κ2) is 9.43. The Morgan fingerprint density at radius 2 is 2.00 bits per heavy atom. The largest absolute Gasteiger partial charge is 0.493 e. The molecule has 1 aliphatic heterocycles. The van der Waals surface area contributed by atoms with Crippen molar-refractivity contribution in [3.63, 3.8) is 0 Å². The van der Waals surface area contributed by atoms with Gasteiger partial charge in [-0.15, -0.1) is 0 Å². The highest BCUT2D eigenvalue weighted by molar-refractivity contribution is 7.93. The quantitative estimate of drug-likeness (QED) is 0.694. The Labute approximate surface area is 174 Å². The lowest BCUT2D eigenvalue weighted by molar-refractivity contribution is 0.225. The molecular weight excluding hydrogens is 382 g/mol. The minimum atomic E-state index is -2.30. The average molecular weight is 412 g/mol. The van der Waals surface area contributed by atoms with Gasteiger partial charge in [-0.05, 0) is 54.3 Å². The van der Waals surface area contributed by atoms with Crippen molar-refractivity contribution >= 4 is 9.73 Å². The molecule has 0 bridgehead atoms. The van der Waals surface area contributed by atoms with Crippen LogP contribution in [0.2, 0.25) is 0 Å². The van der Waals surface area contributed by atoms with Crippen LogP contribution in [0.15, 0.2) is 57.8 Å². The molecule has 0 saturated carbocycles. The molecule has 0 N–H and O–H groups in total. The van der Waals surface area contributed by atoms with Crippen LogP contribution in [0.25, 0.3) is 0 Å². The van der Waals surface area contributed by atoms with Gasteiger partial charge in [0.05, 0.1) is 28.0 Å². The third-order valence-corrected chi connectivity index (χ3v) is 7.53. The lowest BCUT2D eigenvalue weighted by atomic mass is 9.99.